The van der Waals surface area contributed by atoms with Gasteiger partial charge in [-0.2, -0.15) is 4.37 Å². The van der Waals surface area contributed by atoms with Gasteiger partial charge in [0.05, 0.1) is 18.1 Å². The maximum absolute atomic E-state index is 12.3. The lowest BCUT2D eigenvalue weighted by Gasteiger charge is -2.26. The van der Waals surface area contributed by atoms with Gasteiger partial charge in [-0.3, -0.25) is 0 Å². The standard InChI is InChI=1S/C14H13Cl2N3O2S/c15-10-4-2-1-3-9(10)12-11(13(16)18-22-12)17-14(20)19-5-7-21-8-6-19/h1-4H,5-8H2,(H,17,20). The summed E-state index contributed by atoms with van der Waals surface area (Å²) < 4.78 is 9.36. The predicted octanol–water partition coefficient (Wildman–Crippen LogP) is 3.98. The number of morpholine rings is 1. The zero-order valence-corrected chi connectivity index (χ0v) is 13.8. The Kier molecular flexibility index (Phi) is 4.83. The summed E-state index contributed by atoms with van der Waals surface area (Å²) in [6, 6.07) is 7.18. The summed E-state index contributed by atoms with van der Waals surface area (Å²) in [6.07, 6.45) is 0. The summed E-state index contributed by atoms with van der Waals surface area (Å²) >= 11 is 13.6. The average Bonchev–Trinajstić information content (AvgIpc) is 2.90. The molecule has 2 aromatic rings. The van der Waals surface area contributed by atoms with E-state index in [9.17, 15) is 4.79 Å². The minimum Gasteiger partial charge on any atom is -0.378 e. The Balaban J connectivity index is 1.86. The van der Waals surface area contributed by atoms with E-state index in [1.54, 1.807) is 11.0 Å². The topological polar surface area (TPSA) is 54.5 Å². The molecule has 1 aliphatic rings. The number of aromatic nitrogens is 1. The number of benzene rings is 1. The quantitative estimate of drug-likeness (QED) is 0.884. The van der Waals surface area contributed by atoms with Crippen molar-refractivity contribution in [3.05, 3.63) is 34.4 Å². The van der Waals surface area contributed by atoms with Crippen LogP contribution in [0.15, 0.2) is 24.3 Å². The number of amides is 2. The molecule has 0 spiro atoms. The van der Waals surface area contributed by atoms with Crippen LogP contribution in [-0.4, -0.2) is 41.6 Å². The fourth-order valence-corrected chi connectivity index (χ4v) is 3.53. The summed E-state index contributed by atoms with van der Waals surface area (Å²) in [7, 11) is 0. The molecule has 0 saturated carbocycles. The lowest BCUT2D eigenvalue weighted by atomic mass is 10.2. The molecule has 2 heterocycles. The van der Waals surface area contributed by atoms with Gasteiger partial charge in [0, 0.05) is 23.7 Å². The zero-order valence-electron chi connectivity index (χ0n) is 11.5. The summed E-state index contributed by atoms with van der Waals surface area (Å²) in [5.74, 6) is 0. The molecule has 22 heavy (non-hydrogen) atoms. The number of halogens is 2. The summed E-state index contributed by atoms with van der Waals surface area (Å²) in [6.45, 7) is 2.20. The summed E-state index contributed by atoms with van der Waals surface area (Å²) in [4.78, 5) is 14.8. The van der Waals surface area contributed by atoms with E-state index in [-0.39, 0.29) is 11.2 Å². The van der Waals surface area contributed by atoms with Gasteiger partial charge in [-0.15, -0.1) is 0 Å². The second kappa shape index (κ2) is 6.83. The van der Waals surface area contributed by atoms with E-state index in [1.165, 1.54) is 11.5 Å². The van der Waals surface area contributed by atoms with Crippen molar-refractivity contribution >= 4 is 46.5 Å². The molecule has 0 atom stereocenters. The molecule has 8 heteroatoms. The van der Waals surface area contributed by atoms with Gasteiger partial charge >= 0.3 is 6.03 Å². The number of rotatable bonds is 2. The molecule has 0 unspecified atom stereocenters. The smallest absolute Gasteiger partial charge is 0.322 e. The van der Waals surface area contributed by atoms with Crippen LogP contribution in [-0.2, 0) is 4.74 Å². The SMILES string of the molecule is O=C(Nc1c(Cl)nsc1-c1ccccc1Cl)N1CCOCC1. The van der Waals surface area contributed by atoms with Gasteiger partial charge in [-0.25, -0.2) is 4.79 Å². The van der Waals surface area contributed by atoms with Gasteiger partial charge in [-0.1, -0.05) is 41.4 Å². The van der Waals surface area contributed by atoms with Gasteiger partial charge in [0.25, 0.3) is 0 Å². The Bertz CT molecular complexity index is 686. The van der Waals surface area contributed by atoms with E-state index in [4.69, 9.17) is 27.9 Å². The van der Waals surface area contributed by atoms with Crippen molar-refractivity contribution in [2.24, 2.45) is 0 Å². The highest BCUT2D eigenvalue weighted by Gasteiger charge is 2.22. The zero-order chi connectivity index (χ0) is 15.5. The maximum Gasteiger partial charge on any atom is 0.322 e. The van der Waals surface area contributed by atoms with Crippen LogP contribution in [0.1, 0.15) is 0 Å². The second-order valence-electron chi connectivity index (χ2n) is 4.69. The highest BCUT2D eigenvalue weighted by atomic mass is 35.5. The van der Waals surface area contributed by atoms with Gasteiger partial charge in [-0.05, 0) is 17.6 Å². The molecule has 1 aromatic heterocycles. The minimum absolute atomic E-state index is 0.210. The number of carbonyl (C=O) groups is 1. The normalized spacial score (nSPS) is 14.9. The third-order valence-electron chi connectivity index (χ3n) is 3.30. The van der Waals surface area contributed by atoms with E-state index in [0.717, 1.165) is 10.4 Å². The average molecular weight is 358 g/mol. The molecule has 5 nitrogen and oxygen atoms in total. The highest BCUT2D eigenvalue weighted by molar-refractivity contribution is 7.10. The van der Waals surface area contributed by atoms with Gasteiger partial charge in [0.15, 0.2) is 5.15 Å². The molecule has 1 N–H and O–H groups in total. The summed E-state index contributed by atoms with van der Waals surface area (Å²) in [5.41, 5.74) is 1.29. The molecule has 0 bridgehead atoms. The Morgan fingerprint density at radius 2 is 2.00 bits per heavy atom. The first-order chi connectivity index (χ1) is 10.7. The first-order valence-corrected chi connectivity index (χ1v) is 8.23. The van der Waals surface area contributed by atoms with Crippen LogP contribution in [0.4, 0.5) is 10.5 Å². The van der Waals surface area contributed by atoms with Crippen LogP contribution in [0.2, 0.25) is 10.2 Å². The number of ether oxygens (including phenoxy) is 1. The highest BCUT2D eigenvalue weighted by Crippen LogP contribution is 2.40. The molecule has 0 radical (unpaired) electrons. The van der Waals surface area contributed by atoms with Crippen molar-refractivity contribution < 1.29 is 9.53 Å². The van der Waals surface area contributed by atoms with Crippen molar-refractivity contribution in [2.45, 2.75) is 0 Å². The first kappa shape index (κ1) is 15.6. The number of hydrogen-bond donors (Lipinski definition) is 1. The molecule has 0 aliphatic carbocycles. The molecule has 116 valence electrons. The molecule has 1 aromatic carbocycles. The molecule has 1 fully saturated rings. The molecule has 3 rings (SSSR count). The van der Waals surface area contributed by atoms with Crippen molar-refractivity contribution in [1.29, 1.82) is 0 Å². The monoisotopic (exact) mass is 357 g/mol. The molecular weight excluding hydrogens is 345 g/mol. The lowest BCUT2D eigenvalue weighted by molar-refractivity contribution is 0.0564. The fourth-order valence-electron chi connectivity index (χ4n) is 2.16. The lowest BCUT2D eigenvalue weighted by Crippen LogP contribution is -2.43. The first-order valence-electron chi connectivity index (χ1n) is 6.70. The van der Waals surface area contributed by atoms with Crippen molar-refractivity contribution in [2.75, 3.05) is 31.6 Å². The largest absolute Gasteiger partial charge is 0.378 e. The summed E-state index contributed by atoms with van der Waals surface area (Å²) in [5, 5.41) is 3.70. The van der Waals surface area contributed by atoms with Crippen LogP contribution in [0.3, 0.4) is 0 Å². The van der Waals surface area contributed by atoms with Crippen LogP contribution >= 0.6 is 34.7 Å². The molecule has 1 aliphatic heterocycles. The van der Waals surface area contributed by atoms with E-state index in [1.807, 2.05) is 18.2 Å². The molecule has 1 saturated heterocycles. The third kappa shape index (κ3) is 3.20. The number of carbonyl (C=O) groups excluding carboxylic acids is 1. The van der Waals surface area contributed by atoms with Crippen molar-refractivity contribution in [1.82, 2.24) is 9.27 Å². The van der Waals surface area contributed by atoms with E-state index < -0.39 is 0 Å². The van der Waals surface area contributed by atoms with Crippen molar-refractivity contribution in [3.8, 4) is 10.4 Å². The molecule has 2 amide bonds. The Morgan fingerprint density at radius 3 is 2.73 bits per heavy atom. The van der Waals surface area contributed by atoms with Crippen LogP contribution in [0.5, 0.6) is 0 Å². The number of nitrogens with one attached hydrogen (secondary N) is 1. The third-order valence-corrected chi connectivity index (χ3v) is 4.88. The van der Waals surface area contributed by atoms with Crippen LogP contribution in [0.25, 0.3) is 10.4 Å². The van der Waals surface area contributed by atoms with E-state index in [0.29, 0.717) is 37.0 Å². The van der Waals surface area contributed by atoms with Gasteiger partial charge < -0.3 is 15.0 Å². The van der Waals surface area contributed by atoms with E-state index in [2.05, 4.69) is 9.69 Å². The van der Waals surface area contributed by atoms with E-state index >= 15 is 0 Å². The Hall–Kier alpha value is -1.34. The number of hydrogen-bond acceptors (Lipinski definition) is 4. The maximum atomic E-state index is 12.3. The van der Waals surface area contributed by atoms with Crippen molar-refractivity contribution in [3.63, 3.8) is 0 Å². The fraction of sp³-hybridized carbons (Fsp3) is 0.286. The number of urea groups is 1. The van der Waals surface area contributed by atoms with Gasteiger partial charge in [0.2, 0.25) is 0 Å². The van der Waals surface area contributed by atoms with Gasteiger partial charge in [0.1, 0.15) is 5.69 Å². The predicted molar refractivity (Wildman–Crippen MR) is 89.0 cm³/mol. The number of anilines is 1. The van der Waals surface area contributed by atoms with Crippen LogP contribution < -0.4 is 5.32 Å². The second-order valence-corrected chi connectivity index (χ2v) is 6.23. The minimum atomic E-state index is -0.210. The molecular formula is C14H13Cl2N3O2S. The number of nitrogens with zero attached hydrogens (tertiary/aromatic N) is 2. The Labute approximate surface area is 141 Å². The van der Waals surface area contributed by atoms with Crippen LogP contribution in [0, 0.1) is 0 Å². The Morgan fingerprint density at radius 1 is 1.27 bits per heavy atom.